The lowest BCUT2D eigenvalue weighted by atomic mass is 9.90. The molecule has 1 aromatic heterocycles. The van der Waals surface area contributed by atoms with E-state index in [1.54, 1.807) is 0 Å². The molecule has 0 radical (unpaired) electrons. The lowest BCUT2D eigenvalue weighted by Crippen LogP contribution is -2.10. The Hall–Kier alpha value is -1.08. The zero-order valence-corrected chi connectivity index (χ0v) is 10.7. The van der Waals surface area contributed by atoms with E-state index in [0.29, 0.717) is 0 Å². The van der Waals surface area contributed by atoms with Gasteiger partial charge in [0.2, 0.25) is 0 Å². The Kier molecular flexibility index (Phi) is 2.90. The minimum Gasteiger partial charge on any atom is -0.253 e. The third-order valence-corrected chi connectivity index (χ3v) is 2.74. The molecule has 0 aliphatic carbocycles. The number of halogens is 1. The molecular weight excluding hydrogens is 218 g/mol. The van der Waals surface area contributed by atoms with Gasteiger partial charge in [0.1, 0.15) is 0 Å². The van der Waals surface area contributed by atoms with Crippen molar-refractivity contribution in [2.75, 3.05) is 0 Å². The monoisotopic (exact) mass is 233 g/mol. The minimum absolute atomic E-state index is 0.235. The summed E-state index contributed by atoms with van der Waals surface area (Å²) < 4.78 is 0. The molecule has 16 heavy (non-hydrogen) atoms. The Morgan fingerprint density at radius 3 is 2.56 bits per heavy atom. The number of para-hydroxylation sites is 1. The van der Waals surface area contributed by atoms with Gasteiger partial charge in [-0.25, -0.2) is 0 Å². The zero-order valence-electron chi connectivity index (χ0n) is 9.92. The highest BCUT2D eigenvalue weighted by atomic mass is 35.5. The van der Waals surface area contributed by atoms with E-state index >= 15 is 0 Å². The molecule has 0 N–H and O–H groups in total. The summed E-state index contributed by atoms with van der Waals surface area (Å²) in [5.41, 5.74) is 2.28. The Labute approximate surface area is 101 Å². The molecule has 0 spiro atoms. The number of pyridine rings is 1. The van der Waals surface area contributed by atoms with Crippen LogP contribution in [0.2, 0.25) is 5.02 Å². The first-order valence-electron chi connectivity index (χ1n) is 5.50. The van der Waals surface area contributed by atoms with E-state index < -0.39 is 0 Å². The fraction of sp³-hybridized carbons (Fsp3) is 0.357. The number of aromatic nitrogens is 1. The average Bonchev–Trinajstić information content (AvgIpc) is 2.15. The number of hydrogen-bond acceptors (Lipinski definition) is 1. The highest BCUT2D eigenvalue weighted by Crippen LogP contribution is 2.26. The molecule has 2 aromatic rings. The molecule has 0 amide bonds. The molecule has 0 saturated heterocycles. The van der Waals surface area contributed by atoms with Gasteiger partial charge < -0.3 is 0 Å². The summed E-state index contributed by atoms with van der Waals surface area (Å²) in [5, 5.41) is 1.83. The highest BCUT2D eigenvalue weighted by Gasteiger charge is 2.13. The van der Waals surface area contributed by atoms with E-state index in [1.807, 2.05) is 30.3 Å². The van der Waals surface area contributed by atoms with E-state index in [0.717, 1.165) is 28.0 Å². The Balaban J connectivity index is 2.50. The third-order valence-electron chi connectivity index (χ3n) is 2.43. The third kappa shape index (κ3) is 2.53. The van der Waals surface area contributed by atoms with Crippen LogP contribution >= 0.6 is 11.6 Å². The fourth-order valence-corrected chi connectivity index (χ4v) is 2.10. The van der Waals surface area contributed by atoms with Crippen LogP contribution in [0.4, 0.5) is 0 Å². The molecule has 0 fully saturated rings. The molecule has 0 atom stereocenters. The number of hydrogen-bond donors (Lipinski definition) is 0. The number of fused-ring (bicyclic) bond motifs is 1. The quantitative estimate of drug-likeness (QED) is 0.708. The maximum Gasteiger partial charge on any atom is 0.0720 e. The molecule has 1 nitrogen and oxygen atoms in total. The van der Waals surface area contributed by atoms with Crippen molar-refractivity contribution >= 4 is 22.5 Å². The van der Waals surface area contributed by atoms with Crippen LogP contribution in [-0.4, -0.2) is 4.98 Å². The molecular formula is C14H16ClN. The molecule has 84 valence electrons. The van der Waals surface area contributed by atoms with Gasteiger partial charge in [0.25, 0.3) is 0 Å². The van der Waals surface area contributed by atoms with Crippen LogP contribution in [0.1, 0.15) is 26.5 Å². The van der Waals surface area contributed by atoms with Gasteiger partial charge in [0.15, 0.2) is 0 Å². The van der Waals surface area contributed by atoms with Crippen LogP contribution < -0.4 is 0 Å². The lowest BCUT2D eigenvalue weighted by Gasteiger charge is -2.17. The Bertz CT molecular complexity index is 512. The van der Waals surface area contributed by atoms with Crippen LogP contribution in [0, 0.1) is 5.41 Å². The average molecular weight is 234 g/mol. The predicted molar refractivity (Wildman–Crippen MR) is 69.9 cm³/mol. The highest BCUT2D eigenvalue weighted by molar-refractivity contribution is 6.35. The van der Waals surface area contributed by atoms with E-state index in [4.69, 9.17) is 11.6 Å². The summed E-state index contributed by atoms with van der Waals surface area (Å²) in [7, 11) is 0. The lowest BCUT2D eigenvalue weighted by molar-refractivity contribution is 0.407. The first kappa shape index (κ1) is 11.4. The number of benzene rings is 1. The van der Waals surface area contributed by atoms with E-state index in [9.17, 15) is 0 Å². The summed E-state index contributed by atoms with van der Waals surface area (Å²) in [6.07, 6.45) is 0.942. The van der Waals surface area contributed by atoms with Crippen LogP contribution in [0.5, 0.6) is 0 Å². The SMILES string of the molecule is CC(C)(C)Cc1cc(Cl)c2ccccc2n1. The van der Waals surface area contributed by atoms with Gasteiger partial charge >= 0.3 is 0 Å². The van der Waals surface area contributed by atoms with Crippen molar-refractivity contribution in [3.8, 4) is 0 Å². The minimum atomic E-state index is 0.235. The maximum atomic E-state index is 6.25. The second-order valence-corrected chi connectivity index (χ2v) is 5.76. The van der Waals surface area contributed by atoms with Crippen LogP contribution in [0.25, 0.3) is 10.9 Å². The van der Waals surface area contributed by atoms with Gasteiger partial charge in [-0.15, -0.1) is 0 Å². The van der Waals surface area contributed by atoms with Crippen molar-refractivity contribution < 1.29 is 0 Å². The standard InChI is InChI=1S/C14H16ClN/c1-14(2,3)9-10-8-12(15)11-6-4-5-7-13(11)16-10/h4-8H,9H2,1-3H3. The molecule has 2 heteroatoms. The van der Waals surface area contributed by atoms with Crippen LogP contribution in [0.15, 0.2) is 30.3 Å². The molecule has 0 unspecified atom stereocenters. The van der Waals surface area contributed by atoms with Crippen LogP contribution in [-0.2, 0) is 6.42 Å². The van der Waals surface area contributed by atoms with E-state index in [2.05, 4.69) is 25.8 Å². The van der Waals surface area contributed by atoms with Gasteiger partial charge in [0, 0.05) is 11.1 Å². The number of rotatable bonds is 1. The number of nitrogens with zero attached hydrogens (tertiary/aromatic N) is 1. The zero-order chi connectivity index (χ0) is 11.8. The van der Waals surface area contributed by atoms with Gasteiger partial charge in [-0.05, 0) is 24.0 Å². The summed E-state index contributed by atoms with van der Waals surface area (Å²) in [4.78, 5) is 4.64. The second kappa shape index (κ2) is 4.06. The van der Waals surface area contributed by atoms with Gasteiger partial charge in [0.05, 0.1) is 10.5 Å². The first-order valence-corrected chi connectivity index (χ1v) is 5.88. The molecule has 0 aliphatic rings. The van der Waals surface area contributed by atoms with Gasteiger partial charge in [-0.3, -0.25) is 4.98 Å². The van der Waals surface area contributed by atoms with Crippen molar-refractivity contribution in [3.63, 3.8) is 0 Å². The maximum absolute atomic E-state index is 6.25. The molecule has 1 aromatic carbocycles. The molecule has 2 rings (SSSR count). The van der Waals surface area contributed by atoms with Crippen molar-refractivity contribution in [2.24, 2.45) is 5.41 Å². The molecule has 0 aliphatic heterocycles. The summed E-state index contributed by atoms with van der Waals surface area (Å²) in [6.45, 7) is 6.62. The smallest absolute Gasteiger partial charge is 0.0720 e. The first-order chi connectivity index (χ1) is 7.46. The normalized spacial score (nSPS) is 12.0. The summed E-state index contributed by atoms with van der Waals surface area (Å²) in [5.74, 6) is 0. The van der Waals surface area contributed by atoms with Crippen molar-refractivity contribution in [2.45, 2.75) is 27.2 Å². The van der Waals surface area contributed by atoms with Crippen molar-refractivity contribution in [1.82, 2.24) is 4.98 Å². The van der Waals surface area contributed by atoms with Gasteiger partial charge in [-0.2, -0.15) is 0 Å². The van der Waals surface area contributed by atoms with E-state index in [-0.39, 0.29) is 5.41 Å². The predicted octanol–water partition coefficient (Wildman–Crippen LogP) is 4.48. The van der Waals surface area contributed by atoms with Gasteiger partial charge in [-0.1, -0.05) is 50.6 Å². The molecule has 0 saturated carbocycles. The Morgan fingerprint density at radius 1 is 1.19 bits per heavy atom. The summed E-state index contributed by atoms with van der Waals surface area (Å²) in [6, 6.07) is 9.97. The molecule has 0 bridgehead atoms. The van der Waals surface area contributed by atoms with Crippen molar-refractivity contribution in [1.29, 1.82) is 0 Å². The van der Waals surface area contributed by atoms with E-state index in [1.165, 1.54) is 0 Å². The second-order valence-electron chi connectivity index (χ2n) is 5.35. The van der Waals surface area contributed by atoms with Crippen molar-refractivity contribution in [3.05, 3.63) is 41.0 Å². The topological polar surface area (TPSA) is 12.9 Å². The Morgan fingerprint density at radius 2 is 1.88 bits per heavy atom. The fourth-order valence-electron chi connectivity index (χ4n) is 1.82. The summed E-state index contributed by atoms with van der Waals surface area (Å²) >= 11 is 6.25. The van der Waals surface area contributed by atoms with Crippen LogP contribution in [0.3, 0.4) is 0 Å². The largest absolute Gasteiger partial charge is 0.253 e. The molecule has 1 heterocycles.